The molecule has 2 aliphatic rings. The highest BCUT2D eigenvalue weighted by molar-refractivity contribution is 4.83. The van der Waals surface area contributed by atoms with Crippen LogP contribution < -0.4 is 0 Å². The van der Waals surface area contributed by atoms with Gasteiger partial charge in [-0.05, 0) is 19.3 Å². The van der Waals surface area contributed by atoms with Crippen LogP contribution in [0.1, 0.15) is 45.4 Å². The molecule has 1 heteroatoms. The van der Waals surface area contributed by atoms with Crippen molar-refractivity contribution in [3.63, 3.8) is 0 Å². The van der Waals surface area contributed by atoms with Gasteiger partial charge in [0.25, 0.3) is 0 Å². The molecule has 0 amide bonds. The maximum atomic E-state index is 5.42. The maximum Gasteiger partial charge on any atom is 0.0841 e. The standard InChI is InChI=1S/C10H18O/c1-8-10(11-8)7-9-5-3-2-4-6-9/h8-10H,2-7H2,1H3. The van der Waals surface area contributed by atoms with Crippen molar-refractivity contribution in [3.05, 3.63) is 0 Å². The SMILES string of the molecule is CC1OC1CC1CCCCC1. The minimum atomic E-state index is 0.580. The quantitative estimate of drug-likeness (QED) is 0.557. The first-order valence-electron chi connectivity index (χ1n) is 5.02. The molecule has 1 heterocycles. The monoisotopic (exact) mass is 154 g/mol. The Morgan fingerprint density at radius 2 is 1.82 bits per heavy atom. The van der Waals surface area contributed by atoms with Crippen molar-refractivity contribution >= 4 is 0 Å². The van der Waals surface area contributed by atoms with Crippen molar-refractivity contribution in [3.8, 4) is 0 Å². The molecule has 2 atom stereocenters. The summed E-state index contributed by atoms with van der Waals surface area (Å²) in [5, 5.41) is 0. The Balaban J connectivity index is 1.68. The zero-order chi connectivity index (χ0) is 7.68. The number of hydrogen-bond donors (Lipinski definition) is 0. The van der Waals surface area contributed by atoms with Crippen LogP contribution in [0, 0.1) is 5.92 Å². The molecule has 0 aromatic carbocycles. The lowest BCUT2D eigenvalue weighted by atomic mass is 9.86. The molecule has 0 radical (unpaired) electrons. The summed E-state index contributed by atoms with van der Waals surface area (Å²) in [6, 6.07) is 0. The Morgan fingerprint density at radius 3 is 2.36 bits per heavy atom. The molecule has 64 valence electrons. The molecule has 1 saturated heterocycles. The smallest absolute Gasteiger partial charge is 0.0841 e. The van der Waals surface area contributed by atoms with Crippen LogP contribution in [-0.2, 0) is 4.74 Å². The fraction of sp³-hybridized carbons (Fsp3) is 1.00. The molecule has 0 aromatic rings. The van der Waals surface area contributed by atoms with Crippen LogP contribution in [0.2, 0.25) is 0 Å². The van der Waals surface area contributed by atoms with E-state index in [4.69, 9.17) is 4.74 Å². The first-order chi connectivity index (χ1) is 5.36. The highest BCUT2D eigenvalue weighted by Gasteiger charge is 2.35. The topological polar surface area (TPSA) is 12.5 Å². The van der Waals surface area contributed by atoms with Gasteiger partial charge in [0.15, 0.2) is 0 Å². The molecule has 0 bridgehead atoms. The Labute approximate surface area is 69.1 Å². The van der Waals surface area contributed by atoms with Gasteiger partial charge in [-0.2, -0.15) is 0 Å². The maximum absolute atomic E-state index is 5.42. The van der Waals surface area contributed by atoms with Crippen LogP contribution in [0.15, 0.2) is 0 Å². The van der Waals surface area contributed by atoms with Gasteiger partial charge >= 0.3 is 0 Å². The van der Waals surface area contributed by atoms with Crippen molar-refractivity contribution in [1.82, 2.24) is 0 Å². The van der Waals surface area contributed by atoms with Crippen molar-refractivity contribution in [2.24, 2.45) is 5.92 Å². The van der Waals surface area contributed by atoms with Gasteiger partial charge in [-0.1, -0.05) is 32.1 Å². The van der Waals surface area contributed by atoms with Gasteiger partial charge in [-0.3, -0.25) is 0 Å². The molecule has 1 saturated carbocycles. The predicted octanol–water partition coefficient (Wildman–Crippen LogP) is 2.74. The average molecular weight is 154 g/mol. The van der Waals surface area contributed by atoms with Crippen LogP contribution in [-0.4, -0.2) is 12.2 Å². The van der Waals surface area contributed by atoms with Crippen LogP contribution in [0.3, 0.4) is 0 Å². The Kier molecular flexibility index (Phi) is 2.17. The number of epoxide rings is 1. The molecule has 0 spiro atoms. The van der Waals surface area contributed by atoms with Gasteiger partial charge in [0, 0.05) is 0 Å². The van der Waals surface area contributed by atoms with E-state index < -0.39 is 0 Å². The Morgan fingerprint density at radius 1 is 1.18 bits per heavy atom. The van der Waals surface area contributed by atoms with Gasteiger partial charge < -0.3 is 4.74 Å². The minimum absolute atomic E-state index is 0.580. The largest absolute Gasteiger partial charge is 0.370 e. The van der Waals surface area contributed by atoms with Crippen molar-refractivity contribution in [1.29, 1.82) is 0 Å². The van der Waals surface area contributed by atoms with E-state index in [1.165, 1.54) is 38.5 Å². The molecule has 2 unspecified atom stereocenters. The lowest BCUT2D eigenvalue weighted by Gasteiger charge is -2.20. The zero-order valence-corrected chi connectivity index (χ0v) is 7.38. The highest BCUT2D eigenvalue weighted by atomic mass is 16.6. The molecule has 2 rings (SSSR count). The van der Waals surface area contributed by atoms with E-state index in [9.17, 15) is 0 Å². The van der Waals surface area contributed by atoms with Crippen molar-refractivity contribution < 1.29 is 4.74 Å². The second-order valence-corrected chi connectivity index (χ2v) is 4.12. The summed E-state index contributed by atoms with van der Waals surface area (Å²) in [5.74, 6) is 0.999. The summed E-state index contributed by atoms with van der Waals surface area (Å²) in [7, 11) is 0. The summed E-state index contributed by atoms with van der Waals surface area (Å²) in [6.07, 6.45) is 9.89. The van der Waals surface area contributed by atoms with Crippen LogP contribution in [0.25, 0.3) is 0 Å². The summed E-state index contributed by atoms with van der Waals surface area (Å²) in [5.41, 5.74) is 0. The summed E-state index contributed by atoms with van der Waals surface area (Å²) >= 11 is 0. The second kappa shape index (κ2) is 3.14. The van der Waals surface area contributed by atoms with Crippen molar-refractivity contribution in [2.45, 2.75) is 57.7 Å². The summed E-state index contributed by atoms with van der Waals surface area (Å²) in [4.78, 5) is 0. The molecule has 0 aromatic heterocycles. The molecule has 0 N–H and O–H groups in total. The van der Waals surface area contributed by atoms with E-state index in [0.717, 1.165) is 5.92 Å². The highest BCUT2D eigenvalue weighted by Crippen LogP contribution is 2.34. The molecule has 1 nitrogen and oxygen atoms in total. The third kappa shape index (κ3) is 1.96. The zero-order valence-electron chi connectivity index (χ0n) is 7.38. The van der Waals surface area contributed by atoms with Gasteiger partial charge in [0.05, 0.1) is 12.2 Å². The van der Waals surface area contributed by atoms with Crippen molar-refractivity contribution in [2.75, 3.05) is 0 Å². The normalized spacial score (nSPS) is 39.0. The lowest BCUT2D eigenvalue weighted by Crippen LogP contribution is -2.09. The van der Waals surface area contributed by atoms with Crippen LogP contribution in [0.5, 0.6) is 0 Å². The van der Waals surface area contributed by atoms with Gasteiger partial charge in [-0.25, -0.2) is 0 Å². The van der Waals surface area contributed by atoms with E-state index in [1.807, 2.05) is 0 Å². The lowest BCUT2D eigenvalue weighted by molar-refractivity contribution is 0.290. The van der Waals surface area contributed by atoms with Crippen LogP contribution >= 0.6 is 0 Å². The van der Waals surface area contributed by atoms with E-state index in [2.05, 4.69) is 6.92 Å². The first-order valence-corrected chi connectivity index (χ1v) is 5.02. The van der Waals surface area contributed by atoms with Gasteiger partial charge in [-0.15, -0.1) is 0 Å². The number of hydrogen-bond acceptors (Lipinski definition) is 1. The third-order valence-electron chi connectivity index (χ3n) is 3.13. The number of rotatable bonds is 2. The third-order valence-corrected chi connectivity index (χ3v) is 3.13. The molecule has 2 fully saturated rings. The van der Waals surface area contributed by atoms with E-state index >= 15 is 0 Å². The fourth-order valence-corrected chi connectivity index (χ4v) is 2.23. The number of ether oxygens (including phenoxy) is 1. The Bertz CT molecular complexity index is 127. The predicted molar refractivity (Wildman–Crippen MR) is 45.5 cm³/mol. The van der Waals surface area contributed by atoms with Gasteiger partial charge in [0.2, 0.25) is 0 Å². The van der Waals surface area contributed by atoms with E-state index in [-0.39, 0.29) is 0 Å². The second-order valence-electron chi connectivity index (χ2n) is 4.12. The minimum Gasteiger partial charge on any atom is -0.370 e. The molecule has 1 aliphatic carbocycles. The summed E-state index contributed by atoms with van der Waals surface area (Å²) < 4.78 is 5.42. The summed E-state index contributed by atoms with van der Waals surface area (Å²) in [6.45, 7) is 2.19. The first kappa shape index (κ1) is 7.60. The van der Waals surface area contributed by atoms with E-state index in [1.54, 1.807) is 0 Å². The molecular weight excluding hydrogens is 136 g/mol. The molecular formula is C10H18O. The fourth-order valence-electron chi connectivity index (χ4n) is 2.23. The van der Waals surface area contributed by atoms with E-state index in [0.29, 0.717) is 12.2 Å². The Hall–Kier alpha value is -0.0400. The molecule has 11 heavy (non-hydrogen) atoms. The molecule has 1 aliphatic heterocycles. The van der Waals surface area contributed by atoms with Gasteiger partial charge in [0.1, 0.15) is 0 Å². The van der Waals surface area contributed by atoms with Crippen LogP contribution in [0.4, 0.5) is 0 Å². The average Bonchev–Trinajstić information content (AvgIpc) is 2.69.